The number of hydrogen-bond donors (Lipinski definition) is 1. The predicted molar refractivity (Wildman–Crippen MR) is 88.5 cm³/mol. The Hall–Kier alpha value is -0.840. The normalized spacial score (nSPS) is 28.1. The summed E-state index contributed by atoms with van der Waals surface area (Å²) in [6.07, 6.45) is 7.76. The third-order valence-corrected chi connectivity index (χ3v) is 5.55. The first-order valence-electron chi connectivity index (χ1n) is 8.44. The molecule has 2 atom stereocenters. The summed E-state index contributed by atoms with van der Waals surface area (Å²) in [7, 11) is 0. The number of rotatable bonds is 4. The Morgan fingerprint density at radius 1 is 1.32 bits per heavy atom. The van der Waals surface area contributed by atoms with E-state index in [1.54, 1.807) is 0 Å². The zero-order valence-corrected chi connectivity index (χ0v) is 14.6. The van der Waals surface area contributed by atoms with E-state index in [2.05, 4.69) is 5.32 Å². The van der Waals surface area contributed by atoms with Crippen molar-refractivity contribution in [2.75, 3.05) is 0 Å². The van der Waals surface area contributed by atoms with Gasteiger partial charge in [-0.3, -0.25) is 0 Å². The minimum absolute atomic E-state index is 0.136. The van der Waals surface area contributed by atoms with Crippen molar-refractivity contribution in [2.24, 2.45) is 5.92 Å². The summed E-state index contributed by atoms with van der Waals surface area (Å²) in [5, 5.41) is 2.98. The van der Waals surface area contributed by atoms with Gasteiger partial charge in [-0.2, -0.15) is 0 Å². The molecule has 0 aromatic carbocycles. The maximum Gasteiger partial charge on any atom is 0.407 e. The molecule has 1 N–H and O–H groups in total. The van der Waals surface area contributed by atoms with Crippen LogP contribution in [-0.4, -0.2) is 23.2 Å². The number of thioether (sulfide) groups is 1. The highest BCUT2D eigenvalue weighted by Crippen LogP contribution is 2.46. The minimum Gasteiger partial charge on any atom is -0.483 e. The van der Waals surface area contributed by atoms with Gasteiger partial charge in [-0.1, -0.05) is 24.6 Å². The number of nitrogens with one attached hydrogen (secondary N) is 1. The summed E-state index contributed by atoms with van der Waals surface area (Å²) in [4.78, 5) is 13.3. The second-order valence-electron chi connectivity index (χ2n) is 7.62. The molecule has 0 spiro atoms. The van der Waals surface area contributed by atoms with E-state index in [1.165, 1.54) is 24.2 Å². The second kappa shape index (κ2) is 6.34. The first-order valence-corrected chi connectivity index (χ1v) is 9.32. The van der Waals surface area contributed by atoms with Crippen molar-refractivity contribution in [3.63, 3.8) is 0 Å². The van der Waals surface area contributed by atoms with Crippen molar-refractivity contribution in [3.8, 4) is 0 Å². The van der Waals surface area contributed by atoms with Gasteiger partial charge in [0.1, 0.15) is 16.8 Å². The van der Waals surface area contributed by atoms with Crippen LogP contribution in [0.15, 0.2) is 10.7 Å². The zero-order chi connectivity index (χ0) is 15.7. The molecule has 2 aliphatic carbocycles. The first kappa shape index (κ1) is 16.0. The molecule has 0 bridgehead atoms. The van der Waals surface area contributed by atoms with Crippen molar-refractivity contribution in [3.05, 3.63) is 10.7 Å². The van der Waals surface area contributed by atoms with Crippen molar-refractivity contribution in [2.45, 2.75) is 82.8 Å². The molecule has 1 aliphatic heterocycles. The third-order valence-electron chi connectivity index (χ3n) is 4.24. The van der Waals surface area contributed by atoms with Gasteiger partial charge in [0.25, 0.3) is 0 Å². The Morgan fingerprint density at radius 2 is 2.09 bits per heavy atom. The zero-order valence-electron chi connectivity index (χ0n) is 13.8. The van der Waals surface area contributed by atoms with Crippen LogP contribution in [0.3, 0.4) is 0 Å². The Labute approximate surface area is 137 Å². The molecule has 2 unspecified atom stereocenters. The molecular weight excluding hydrogens is 298 g/mol. The van der Waals surface area contributed by atoms with Crippen molar-refractivity contribution < 1.29 is 14.3 Å². The van der Waals surface area contributed by atoms with E-state index in [0.29, 0.717) is 5.44 Å². The molecule has 3 rings (SSSR count). The molecule has 5 heteroatoms. The van der Waals surface area contributed by atoms with Gasteiger partial charge in [0.05, 0.1) is 0 Å². The van der Waals surface area contributed by atoms with Crippen molar-refractivity contribution in [1.29, 1.82) is 0 Å². The van der Waals surface area contributed by atoms with Gasteiger partial charge in [0.15, 0.2) is 0 Å². The molecule has 0 aromatic rings. The summed E-state index contributed by atoms with van der Waals surface area (Å²) in [5.74, 6) is 2.07. The summed E-state index contributed by atoms with van der Waals surface area (Å²) in [6.45, 7) is 5.65. The molecule has 1 heterocycles. The monoisotopic (exact) mass is 325 g/mol. The van der Waals surface area contributed by atoms with Crippen LogP contribution >= 0.6 is 11.8 Å². The van der Waals surface area contributed by atoms with Gasteiger partial charge >= 0.3 is 6.09 Å². The molecule has 124 valence electrons. The van der Waals surface area contributed by atoms with Crippen LogP contribution in [-0.2, 0) is 9.47 Å². The van der Waals surface area contributed by atoms with Crippen LogP contribution < -0.4 is 5.32 Å². The molecule has 1 fully saturated rings. The highest BCUT2D eigenvalue weighted by molar-refractivity contribution is 8.03. The van der Waals surface area contributed by atoms with Crippen LogP contribution in [0.4, 0.5) is 4.79 Å². The fourth-order valence-corrected chi connectivity index (χ4v) is 4.19. The lowest BCUT2D eigenvalue weighted by atomic mass is 10.0. The van der Waals surface area contributed by atoms with E-state index in [9.17, 15) is 4.79 Å². The maximum atomic E-state index is 11.9. The Morgan fingerprint density at radius 3 is 2.77 bits per heavy atom. The van der Waals surface area contributed by atoms with E-state index in [1.807, 2.05) is 32.5 Å². The van der Waals surface area contributed by atoms with E-state index in [0.717, 1.165) is 37.4 Å². The van der Waals surface area contributed by atoms with E-state index >= 15 is 0 Å². The maximum absolute atomic E-state index is 11.9. The van der Waals surface area contributed by atoms with Crippen LogP contribution in [0.1, 0.15) is 65.7 Å². The molecule has 22 heavy (non-hydrogen) atoms. The summed E-state index contributed by atoms with van der Waals surface area (Å²) in [6, 6.07) is 0.136. The summed E-state index contributed by atoms with van der Waals surface area (Å²) in [5.41, 5.74) is -0.137. The standard InChI is InChI=1S/C17H27NO3S/c1-17(2,3)21-16(19)18-12-7-8-14-13(10-12)20-15(22-14)9-6-11-4-5-11/h11-12,15H,4-10H2,1-3H3,(H,18,19). The first-order chi connectivity index (χ1) is 10.4. The van der Waals surface area contributed by atoms with Gasteiger partial charge in [-0.05, 0) is 52.4 Å². The SMILES string of the molecule is CC(C)(C)OC(=O)NC1CCC2=C(C1)OC(CCC1CC1)S2. The molecule has 0 aromatic heterocycles. The van der Waals surface area contributed by atoms with Crippen LogP contribution in [0.2, 0.25) is 0 Å². The Balaban J connectivity index is 1.44. The number of carbonyl (C=O) groups is 1. The highest BCUT2D eigenvalue weighted by atomic mass is 32.2. The molecule has 0 radical (unpaired) electrons. The van der Waals surface area contributed by atoms with Crippen molar-refractivity contribution in [1.82, 2.24) is 5.32 Å². The van der Waals surface area contributed by atoms with Gasteiger partial charge in [-0.25, -0.2) is 4.79 Å². The Kier molecular flexibility index (Phi) is 4.62. The number of amides is 1. The molecule has 1 saturated carbocycles. The summed E-state index contributed by atoms with van der Waals surface area (Å²) < 4.78 is 11.4. The quantitative estimate of drug-likeness (QED) is 0.823. The lowest BCUT2D eigenvalue weighted by Crippen LogP contribution is -2.40. The molecular formula is C17H27NO3S. The van der Waals surface area contributed by atoms with Crippen LogP contribution in [0.25, 0.3) is 0 Å². The largest absolute Gasteiger partial charge is 0.483 e. The Bertz CT molecular complexity index is 465. The average molecular weight is 325 g/mol. The van der Waals surface area contributed by atoms with Crippen molar-refractivity contribution >= 4 is 17.9 Å². The van der Waals surface area contributed by atoms with E-state index in [4.69, 9.17) is 9.47 Å². The highest BCUT2D eigenvalue weighted by Gasteiger charge is 2.34. The number of hydrogen-bond acceptors (Lipinski definition) is 4. The van der Waals surface area contributed by atoms with E-state index in [-0.39, 0.29) is 12.1 Å². The number of allylic oxidation sites excluding steroid dienone is 1. The fourth-order valence-electron chi connectivity index (χ4n) is 2.96. The lowest BCUT2D eigenvalue weighted by Gasteiger charge is -2.26. The molecule has 4 nitrogen and oxygen atoms in total. The van der Waals surface area contributed by atoms with E-state index < -0.39 is 5.60 Å². The lowest BCUT2D eigenvalue weighted by molar-refractivity contribution is 0.0493. The number of carbonyl (C=O) groups excluding carboxylic acids is 1. The summed E-state index contributed by atoms with van der Waals surface area (Å²) >= 11 is 1.91. The van der Waals surface area contributed by atoms with Crippen LogP contribution in [0, 0.1) is 5.92 Å². The minimum atomic E-state index is -0.448. The topological polar surface area (TPSA) is 47.6 Å². The predicted octanol–water partition coefficient (Wildman–Crippen LogP) is 4.55. The van der Waals surface area contributed by atoms with Gasteiger partial charge < -0.3 is 14.8 Å². The smallest absolute Gasteiger partial charge is 0.407 e. The van der Waals surface area contributed by atoms with Gasteiger partial charge in [0, 0.05) is 17.4 Å². The third kappa shape index (κ3) is 4.58. The number of ether oxygens (including phenoxy) is 2. The average Bonchev–Trinajstić information content (AvgIpc) is 3.13. The van der Waals surface area contributed by atoms with Gasteiger partial charge in [-0.15, -0.1) is 0 Å². The fraction of sp³-hybridized carbons (Fsp3) is 0.824. The molecule has 3 aliphatic rings. The molecule has 1 amide bonds. The number of alkyl carbamates (subject to hydrolysis) is 1. The second-order valence-corrected chi connectivity index (χ2v) is 8.87. The molecule has 0 saturated heterocycles. The van der Waals surface area contributed by atoms with Crippen LogP contribution in [0.5, 0.6) is 0 Å². The van der Waals surface area contributed by atoms with Gasteiger partial charge in [0.2, 0.25) is 0 Å².